The Morgan fingerprint density at radius 2 is 1.85 bits per heavy atom. The molecule has 48 heavy (non-hydrogen) atoms. The van der Waals surface area contributed by atoms with Crippen LogP contribution in [0.2, 0.25) is 0 Å². The van der Waals surface area contributed by atoms with Crippen molar-refractivity contribution in [3.8, 4) is 28.1 Å². The molecule has 11 heteroatoms. The van der Waals surface area contributed by atoms with Gasteiger partial charge in [0.2, 0.25) is 0 Å². The van der Waals surface area contributed by atoms with Gasteiger partial charge in [-0.3, -0.25) is 0 Å². The fourth-order valence-corrected chi connectivity index (χ4v) is 6.66. The van der Waals surface area contributed by atoms with E-state index in [1.54, 1.807) is 41.8 Å². The fourth-order valence-electron chi connectivity index (χ4n) is 6.66. The van der Waals surface area contributed by atoms with E-state index < -0.39 is 29.3 Å². The highest BCUT2D eigenvalue weighted by Gasteiger charge is 2.38. The summed E-state index contributed by atoms with van der Waals surface area (Å²) in [7, 11) is 0. The van der Waals surface area contributed by atoms with Crippen molar-refractivity contribution in [2.75, 3.05) is 24.6 Å². The van der Waals surface area contributed by atoms with Crippen molar-refractivity contribution in [2.45, 2.75) is 97.1 Å². The third kappa shape index (κ3) is 6.89. The summed E-state index contributed by atoms with van der Waals surface area (Å²) in [6.45, 7) is 13.1. The van der Waals surface area contributed by atoms with Gasteiger partial charge in [0.1, 0.15) is 23.2 Å². The molecule has 3 aliphatic rings. The first-order valence-corrected chi connectivity index (χ1v) is 16.7. The number of rotatable bonds is 3. The van der Waals surface area contributed by atoms with Crippen LogP contribution in [0, 0.1) is 18.6 Å². The number of nitrogens with zero attached hydrogens (tertiary/aromatic N) is 4. The molecule has 0 amide bonds. The number of aromatic nitrogens is 3. The first-order chi connectivity index (χ1) is 22.7. The van der Waals surface area contributed by atoms with Crippen molar-refractivity contribution in [3.05, 3.63) is 65.4 Å². The average Bonchev–Trinajstić information content (AvgIpc) is 3.43. The Labute approximate surface area is 279 Å². The second-order valence-corrected chi connectivity index (χ2v) is 14.2. The van der Waals surface area contributed by atoms with E-state index in [0.29, 0.717) is 53.7 Å². The zero-order valence-electron chi connectivity index (χ0n) is 28.5. The maximum absolute atomic E-state index is 15.5. The van der Waals surface area contributed by atoms with E-state index >= 15 is 8.78 Å². The molecule has 4 aromatic rings. The Bertz CT molecular complexity index is 1830. The lowest BCUT2D eigenvalue weighted by molar-refractivity contribution is -0.160. The number of hydrogen-bond acceptors (Lipinski definition) is 7. The van der Waals surface area contributed by atoms with E-state index in [1.807, 2.05) is 27.7 Å². The lowest BCUT2D eigenvalue weighted by atomic mass is 9.92. The van der Waals surface area contributed by atoms with Gasteiger partial charge in [0.25, 0.3) is 0 Å². The van der Waals surface area contributed by atoms with Crippen LogP contribution >= 0.6 is 0 Å². The molecule has 6 bridgehead atoms. The Kier molecular flexibility index (Phi) is 9.21. The average molecular weight is 663 g/mol. The summed E-state index contributed by atoms with van der Waals surface area (Å²) in [6.07, 6.45) is 2.32. The number of benzene rings is 2. The van der Waals surface area contributed by atoms with Gasteiger partial charge in [0.15, 0.2) is 11.8 Å². The van der Waals surface area contributed by atoms with Crippen molar-refractivity contribution in [1.29, 1.82) is 0 Å². The number of fused-ring (bicyclic) bond motifs is 8. The molecule has 9 nitrogen and oxygen atoms in total. The molecule has 2 aromatic carbocycles. The highest BCUT2D eigenvalue weighted by molar-refractivity contribution is 5.80. The lowest BCUT2D eigenvalue weighted by Gasteiger charge is -2.41. The largest absolute Gasteiger partial charge is 0.490 e. The number of hydrogen-bond donors (Lipinski definition) is 1. The van der Waals surface area contributed by atoms with Crippen LogP contribution in [0.4, 0.5) is 14.6 Å². The minimum Gasteiger partial charge on any atom is -0.490 e. The Hall–Kier alpha value is -4.09. The number of carbonyl (C=O) groups is 1. The maximum atomic E-state index is 15.5. The van der Waals surface area contributed by atoms with E-state index in [1.165, 1.54) is 12.1 Å². The normalized spacial score (nSPS) is 21.2. The van der Waals surface area contributed by atoms with Gasteiger partial charge in [-0.15, -0.1) is 0 Å². The molecule has 1 N–H and O–H groups in total. The molecule has 256 valence electrons. The highest BCUT2D eigenvalue weighted by Crippen LogP contribution is 2.40. The molecular weight excluding hydrogens is 618 g/mol. The third-order valence-electron chi connectivity index (χ3n) is 9.17. The molecule has 0 spiro atoms. The number of ether oxygens (including phenoxy) is 3. The van der Waals surface area contributed by atoms with Crippen molar-refractivity contribution in [3.63, 3.8) is 0 Å². The van der Waals surface area contributed by atoms with Crippen LogP contribution in [0.3, 0.4) is 0 Å². The Morgan fingerprint density at radius 3 is 2.56 bits per heavy atom. The summed E-state index contributed by atoms with van der Waals surface area (Å²) in [5, 5.41) is 15.4. The summed E-state index contributed by atoms with van der Waals surface area (Å²) in [5.41, 5.74) is 1.43. The first-order valence-electron chi connectivity index (χ1n) is 16.7. The predicted octanol–water partition coefficient (Wildman–Crippen LogP) is 7.92. The van der Waals surface area contributed by atoms with Crippen molar-refractivity contribution >= 4 is 17.4 Å². The van der Waals surface area contributed by atoms with Crippen LogP contribution in [-0.4, -0.2) is 62.7 Å². The molecule has 2 atom stereocenters. The summed E-state index contributed by atoms with van der Waals surface area (Å²) < 4.78 is 51.5. The lowest BCUT2D eigenvalue weighted by Crippen LogP contribution is -2.46. The number of carboxylic acid groups (broad SMARTS) is 1. The molecular formula is C37H44F2N4O5. The molecule has 0 saturated carbocycles. The number of anilines is 1. The monoisotopic (exact) mass is 662 g/mol. The van der Waals surface area contributed by atoms with Gasteiger partial charge in [0.05, 0.1) is 34.1 Å². The second kappa shape index (κ2) is 13.1. The highest BCUT2D eigenvalue weighted by atomic mass is 19.1. The first kappa shape index (κ1) is 33.8. The second-order valence-electron chi connectivity index (χ2n) is 14.2. The molecule has 5 heterocycles. The summed E-state index contributed by atoms with van der Waals surface area (Å²) in [6, 6.07) is 10.8. The van der Waals surface area contributed by atoms with E-state index in [2.05, 4.69) is 11.8 Å². The minimum atomic E-state index is -1.31. The van der Waals surface area contributed by atoms with Gasteiger partial charge >= 0.3 is 5.97 Å². The number of carboxylic acids is 1. The smallest absolute Gasteiger partial charge is 0.337 e. The van der Waals surface area contributed by atoms with Gasteiger partial charge in [-0.1, -0.05) is 6.07 Å². The van der Waals surface area contributed by atoms with Gasteiger partial charge in [-0.2, -0.15) is 9.61 Å². The van der Waals surface area contributed by atoms with Crippen LogP contribution in [0.1, 0.15) is 84.1 Å². The van der Waals surface area contributed by atoms with Gasteiger partial charge in [0, 0.05) is 42.6 Å². The number of aliphatic carboxylic acids is 1. The Balaban J connectivity index is 1.56. The third-order valence-corrected chi connectivity index (χ3v) is 9.17. The van der Waals surface area contributed by atoms with Crippen LogP contribution in [-0.2, 0) is 14.3 Å². The molecule has 0 radical (unpaired) electrons. The molecule has 1 saturated heterocycles. The van der Waals surface area contributed by atoms with Gasteiger partial charge in [-0.25, -0.2) is 18.6 Å². The van der Waals surface area contributed by atoms with Crippen LogP contribution in [0.15, 0.2) is 42.5 Å². The number of halogens is 2. The summed E-state index contributed by atoms with van der Waals surface area (Å²) in [4.78, 5) is 19.7. The van der Waals surface area contributed by atoms with E-state index in [-0.39, 0.29) is 28.6 Å². The molecule has 3 aliphatic heterocycles. The fraction of sp³-hybridized carbons (Fsp3) is 0.486. The summed E-state index contributed by atoms with van der Waals surface area (Å²) >= 11 is 0. The van der Waals surface area contributed by atoms with Crippen LogP contribution in [0.5, 0.6) is 5.75 Å². The van der Waals surface area contributed by atoms with Crippen molar-refractivity contribution in [2.24, 2.45) is 0 Å². The maximum Gasteiger partial charge on any atom is 0.337 e. The van der Waals surface area contributed by atoms with E-state index in [4.69, 9.17) is 24.3 Å². The van der Waals surface area contributed by atoms with Crippen LogP contribution in [0.25, 0.3) is 28.0 Å². The quantitative estimate of drug-likeness (QED) is 0.236. The molecule has 0 aliphatic carbocycles. The number of aryl methyl sites for hydroxylation is 1. The zero-order chi connectivity index (χ0) is 34.4. The Morgan fingerprint density at radius 1 is 1.10 bits per heavy atom. The standard InChI is InChI=1S/C37H44F2N4O5/c1-22-10-7-8-19-46-37(6)15-17-42(18-16-37)34-31(33(35(44)45)48-36(3,4)5)23(2)40-30-21-28(41-43(30)34)24-13-14-26(38)25(20-24)32-27(39)11-9-12-29(32)47-22/h9,11-14,20-22,33H,7-8,10,15-19H2,1-6H3,(H,44,45). The SMILES string of the molecule is Cc1nc2cc3nn2c(c1C(OC(C)(C)C)C(=O)O)N1CCC(C)(CC1)OCCCCC(C)Oc1cccc(F)c1-c1cc-3ccc1F. The summed E-state index contributed by atoms with van der Waals surface area (Å²) in [5.74, 6) is -1.48. The van der Waals surface area contributed by atoms with E-state index in [9.17, 15) is 9.90 Å². The molecule has 7 rings (SSSR count). The van der Waals surface area contributed by atoms with Gasteiger partial charge < -0.3 is 24.2 Å². The predicted molar refractivity (Wildman–Crippen MR) is 179 cm³/mol. The molecule has 2 aromatic heterocycles. The van der Waals surface area contributed by atoms with Crippen LogP contribution < -0.4 is 9.64 Å². The topological polar surface area (TPSA) is 98.4 Å². The van der Waals surface area contributed by atoms with E-state index in [0.717, 1.165) is 32.1 Å². The molecule has 2 unspecified atom stereocenters. The number of piperidine rings is 1. The van der Waals surface area contributed by atoms with Gasteiger partial charge in [-0.05, 0) is 104 Å². The molecule has 1 fully saturated rings. The van der Waals surface area contributed by atoms with Crippen molar-refractivity contribution < 1.29 is 32.9 Å². The van der Waals surface area contributed by atoms with Crippen molar-refractivity contribution in [1.82, 2.24) is 14.6 Å². The minimum absolute atomic E-state index is 0.0436. The zero-order valence-corrected chi connectivity index (χ0v) is 28.5.